The summed E-state index contributed by atoms with van der Waals surface area (Å²) in [6.45, 7) is 5.49. The highest BCUT2D eigenvalue weighted by atomic mass is 15.2. The summed E-state index contributed by atoms with van der Waals surface area (Å²) >= 11 is 0. The van der Waals surface area contributed by atoms with Crippen LogP contribution in [-0.4, -0.2) is 35.1 Å². The van der Waals surface area contributed by atoms with Gasteiger partial charge in [0.15, 0.2) is 0 Å². The summed E-state index contributed by atoms with van der Waals surface area (Å²) < 4.78 is 0. The van der Waals surface area contributed by atoms with Crippen molar-refractivity contribution in [3.05, 3.63) is 29.6 Å². The van der Waals surface area contributed by atoms with E-state index >= 15 is 0 Å². The molecule has 2 aliphatic rings. The van der Waals surface area contributed by atoms with Crippen molar-refractivity contribution in [3.8, 4) is 0 Å². The number of aryl methyl sites for hydroxylation is 1. The van der Waals surface area contributed by atoms with Crippen LogP contribution >= 0.6 is 0 Å². The van der Waals surface area contributed by atoms with Crippen molar-refractivity contribution in [2.45, 2.75) is 57.7 Å². The molecule has 0 amide bonds. The fourth-order valence-electron chi connectivity index (χ4n) is 3.04. The monoisotopic (exact) mass is 259 g/mol. The standard InChI is InChI=1S/C16H25N3/c1-13-5-4-7-15(18-13)12-19(16-8-9-16)11-14-6-2-3-10-17-14/h4-5,7,14,16-17H,2-3,6,8-12H2,1H3. The maximum Gasteiger partial charge on any atom is 0.0547 e. The van der Waals surface area contributed by atoms with E-state index in [4.69, 9.17) is 0 Å². The third-order valence-corrected chi connectivity index (χ3v) is 4.24. The van der Waals surface area contributed by atoms with E-state index in [1.54, 1.807) is 0 Å². The lowest BCUT2D eigenvalue weighted by molar-refractivity contribution is 0.206. The van der Waals surface area contributed by atoms with Crippen molar-refractivity contribution in [3.63, 3.8) is 0 Å². The first kappa shape index (κ1) is 13.1. The number of hydrogen-bond donors (Lipinski definition) is 1. The molecule has 0 spiro atoms. The normalized spacial score (nSPS) is 23.8. The van der Waals surface area contributed by atoms with E-state index < -0.39 is 0 Å². The van der Waals surface area contributed by atoms with Crippen molar-refractivity contribution in [2.24, 2.45) is 0 Å². The molecule has 1 aromatic heterocycles. The number of hydrogen-bond acceptors (Lipinski definition) is 3. The molecule has 0 radical (unpaired) electrons. The average Bonchev–Trinajstić information content (AvgIpc) is 3.23. The third-order valence-electron chi connectivity index (χ3n) is 4.24. The second-order valence-corrected chi connectivity index (χ2v) is 6.08. The van der Waals surface area contributed by atoms with Crippen LogP contribution < -0.4 is 5.32 Å². The molecule has 3 nitrogen and oxygen atoms in total. The summed E-state index contributed by atoms with van der Waals surface area (Å²) in [5.41, 5.74) is 2.35. The minimum Gasteiger partial charge on any atom is -0.313 e. The molecule has 3 rings (SSSR count). The number of pyridine rings is 1. The lowest BCUT2D eigenvalue weighted by Crippen LogP contribution is -2.44. The Hall–Kier alpha value is -0.930. The number of nitrogens with zero attached hydrogens (tertiary/aromatic N) is 2. The molecule has 1 aliphatic carbocycles. The predicted molar refractivity (Wildman–Crippen MR) is 78.0 cm³/mol. The van der Waals surface area contributed by atoms with Gasteiger partial charge in [-0.15, -0.1) is 0 Å². The first-order valence-electron chi connectivity index (χ1n) is 7.71. The summed E-state index contributed by atoms with van der Waals surface area (Å²) in [6, 6.07) is 7.87. The van der Waals surface area contributed by atoms with E-state index in [1.807, 2.05) is 0 Å². The minimum atomic E-state index is 0.694. The van der Waals surface area contributed by atoms with Crippen molar-refractivity contribution in [2.75, 3.05) is 13.1 Å². The van der Waals surface area contributed by atoms with Crippen molar-refractivity contribution < 1.29 is 0 Å². The molecule has 3 heteroatoms. The van der Waals surface area contributed by atoms with Crippen molar-refractivity contribution in [1.82, 2.24) is 15.2 Å². The van der Waals surface area contributed by atoms with Crippen LogP contribution in [0.3, 0.4) is 0 Å². The van der Waals surface area contributed by atoms with E-state index in [0.717, 1.165) is 18.3 Å². The SMILES string of the molecule is Cc1cccc(CN(CC2CCCCN2)C2CC2)n1. The Morgan fingerprint density at radius 2 is 2.16 bits per heavy atom. The van der Waals surface area contributed by atoms with Gasteiger partial charge in [-0.2, -0.15) is 0 Å². The maximum atomic E-state index is 4.65. The van der Waals surface area contributed by atoms with Gasteiger partial charge in [-0.1, -0.05) is 12.5 Å². The minimum absolute atomic E-state index is 0.694. The van der Waals surface area contributed by atoms with Gasteiger partial charge in [0.2, 0.25) is 0 Å². The lowest BCUT2D eigenvalue weighted by atomic mass is 10.0. The van der Waals surface area contributed by atoms with Gasteiger partial charge in [0.1, 0.15) is 0 Å². The van der Waals surface area contributed by atoms with Gasteiger partial charge in [0.25, 0.3) is 0 Å². The molecule has 1 aliphatic heterocycles. The van der Waals surface area contributed by atoms with Gasteiger partial charge in [-0.25, -0.2) is 0 Å². The Kier molecular flexibility index (Phi) is 4.14. The van der Waals surface area contributed by atoms with Crippen LogP contribution in [0, 0.1) is 6.92 Å². The van der Waals surface area contributed by atoms with E-state index in [1.165, 1.54) is 50.9 Å². The van der Waals surface area contributed by atoms with Crippen LogP contribution in [0.25, 0.3) is 0 Å². The van der Waals surface area contributed by atoms with Crippen LogP contribution in [0.4, 0.5) is 0 Å². The van der Waals surface area contributed by atoms with Gasteiger partial charge in [-0.05, 0) is 51.3 Å². The molecule has 2 heterocycles. The van der Waals surface area contributed by atoms with Crippen LogP contribution in [0.1, 0.15) is 43.5 Å². The molecule has 1 N–H and O–H groups in total. The first-order valence-corrected chi connectivity index (χ1v) is 7.71. The molecule has 1 saturated carbocycles. The van der Waals surface area contributed by atoms with Crippen LogP contribution in [0.5, 0.6) is 0 Å². The van der Waals surface area contributed by atoms with Gasteiger partial charge in [0.05, 0.1) is 5.69 Å². The van der Waals surface area contributed by atoms with Crippen LogP contribution in [-0.2, 0) is 6.54 Å². The molecule has 19 heavy (non-hydrogen) atoms. The number of nitrogens with one attached hydrogen (secondary N) is 1. The fraction of sp³-hybridized carbons (Fsp3) is 0.688. The molecule has 1 atom stereocenters. The van der Waals surface area contributed by atoms with E-state index in [2.05, 4.69) is 40.3 Å². The van der Waals surface area contributed by atoms with Gasteiger partial charge in [-0.3, -0.25) is 9.88 Å². The summed E-state index contributed by atoms with van der Waals surface area (Å²) in [7, 11) is 0. The van der Waals surface area contributed by atoms with Crippen molar-refractivity contribution in [1.29, 1.82) is 0 Å². The molecule has 2 fully saturated rings. The number of aromatic nitrogens is 1. The largest absolute Gasteiger partial charge is 0.313 e. The van der Waals surface area contributed by atoms with Gasteiger partial charge in [0, 0.05) is 30.9 Å². The first-order chi connectivity index (χ1) is 9.31. The molecule has 1 aromatic rings. The fourth-order valence-corrected chi connectivity index (χ4v) is 3.04. The summed E-state index contributed by atoms with van der Waals surface area (Å²) in [5, 5.41) is 3.67. The smallest absolute Gasteiger partial charge is 0.0547 e. The second-order valence-electron chi connectivity index (χ2n) is 6.08. The second kappa shape index (κ2) is 6.02. The molecule has 104 valence electrons. The quantitative estimate of drug-likeness (QED) is 0.880. The maximum absolute atomic E-state index is 4.65. The molecule has 0 bridgehead atoms. The van der Waals surface area contributed by atoms with Crippen molar-refractivity contribution >= 4 is 0 Å². The highest BCUT2D eigenvalue weighted by molar-refractivity contribution is 5.10. The summed E-state index contributed by atoms with van der Waals surface area (Å²) in [5.74, 6) is 0. The Morgan fingerprint density at radius 1 is 1.26 bits per heavy atom. The molecule has 1 saturated heterocycles. The molecular weight excluding hydrogens is 234 g/mol. The number of rotatable bonds is 5. The average molecular weight is 259 g/mol. The summed E-state index contributed by atoms with van der Waals surface area (Å²) in [4.78, 5) is 7.30. The molecule has 0 aromatic carbocycles. The third kappa shape index (κ3) is 3.77. The van der Waals surface area contributed by atoms with Gasteiger partial charge < -0.3 is 5.32 Å². The predicted octanol–water partition coefficient (Wildman–Crippen LogP) is 2.50. The molecule has 1 unspecified atom stereocenters. The zero-order valence-electron chi connectivity index (χ0n) is 11.9. The molecular formula is C16H25N3. The Labute approximate surface area is 116 Å². The Morgan fingerprint density at radius 3 is 2.84 bits per heavy atom. The van der Waals surface area contributed by atoms with E-state index in [0.29, 0.717) is 6.04 Å². The number of piperidine rings is 1. The topological polar surface area (TPSA) is 28.2 Å². The Bertz CT molecular complexity index is 408. The van der Waals surface area contributed by atoms with Crippen LogP contribution in [0.15, 0.2) is 18.2 Å². The zero-order valence-corrected chi connectivity index (χ0v) is 11.9. The Balaban J connectivity index is 1.60. The van der Waals surface area contributed by atoms with E-state index in [9.17, 15) is 0 Å². The highest BCUT2D eigenvalue weighted by Gasteiger charge is 2.31. The zero-order chi connectivity index (χ0) is 13.1. The lowest BCUT2D eigenvalue weighted by Gasteiger charge is -2.30. The highest BCUT2D eigenvalue weighted by Crippen LogP contribution is 2.28. The summed E-state index contributed by atoms with van der Waals surface area (Å²) in [6.07, 6.45) is 6.82. The van der Waals surface area contributed by atoms with Crippen LogP contribution in [0.2, 0.25) is 0 Å². The van der Waals surface area contributed by atoms with E-state index in [-0.39, 0.29) is 0 Å². The van der Waals surface area contributed by atoms with Gasteiger partial charge >= 0.3 is 0 Å².